The first-order chi connectivity index (χ1) is 14.8. The molecule has 0 radical (unpaired) electrons. The molecule has 3 aromatic rings. The molecule has 1 heterocycles. The average molecular weight is 473 g/mol. The highest BCUT2D eigenvalue weighted by molar-refractivity contribution is 8.24. The molecule has 0 amide bonds. The number of hydrogen-bond acceptors (Lipinski definition) is 6. The zero-order chi connectivity index (χ0) is 22.2. The van der Waals surface area contributed by atoms with Gasteiger partial charge >= 0.3 is 0 Å². The number of thioether (sulfide) groups is 1. The Bertz CT molecular complexity index is 1270. The molecule has 1 aliphatic rings. The summed E-state index contributed by atoms with van der Waals surface area (Å²) in [5, 5.41) is 9.00. The van der Waals surface area contributed by atoms with Gasteiger partial charge in [0.2, 0.25) is 0 Å². The van der Waals surface area contributed by atoms with Gasteiger partial charge in [-0.1, -0.05) is 18.2 Å². The van der Waals surface area contributed by atoms with Crippen LogP contribution in [-0.2, 0) is 10.0 Å². The first-order valence-corrected chi connectivity index (χ1v) is 13.7. The molecule has 0 aromatic heterocycles. The van der Waals surface area contributed by atoms with Gasteiger partial charge in [0.15, 0.2) is 0 Å². The summed E-state index contributed by atoms with van der Waals surface area (Å²) >= 11 is 1.52. The maximum Gasteiger partial charge on any atom is 0.264 e. The van der Waals surface area contributed by atoms with Crippen molar-refractivity contribution in [3.05, 3.63) is 72.3 Å². The number of rotatable bonds is 4. The van der Waals surface area contributed by atoms with E-state index in [1.807, 2.05) is 6.26 Å². The van der Waals surface area contributed by atoms with Crippen LogP contribution in [0.3, 0.4) is 0 Å². The predicted octanol–water partition coefficient (Wildman–Crippen LogP) is 5.27. The Morgan fingerprint density at radius 2 is 1.65 bits per heavy atom. The summed E-state index contributed by atoms with van der Waals surface area (Å²) in [6.07, 6.45) is 1.92. The van der Waals surface area contributed by atoms with Crippen LogP contribution in [0.25, 0.3) is 11.1 Å². The van der Waals surface area contributed by atoms with Gasteiger partial charge in [0.25, 0.3) is 10.0 Å². The van der Waals surface area contributed by atoms with E-state index in [0.29, 0.717) is 5.56 Å². The third-order valence-electron chi connectivity index (χ3n) is 5.15. The van der Waals surface area contributed by atoms with E-state index in [2.05, 4.69) is 6.07 Å². The zero-order valence-electron chi connectivity index (χ0n) is 16.6. The number of fused-ring (bicyclic) bond motifs is 1. The minimum Gasteiger partial charge on any atom is -0.295 e. The van der Waals surface area contributed by atoms with Crippen molar-refractivity contribution < 1.29 is 17.5 Å². The molecule has 2 N–H and O–H groups in total. The molecule has 0 saturated heterocycles. The fourth-order valence-corrected chi connectivity index (χ4v) is 6.98. The summed E-state index contributed by atoms with van der Waals surface area (Å²) in [4.78, 5) is 1.33. The Hall–Kier alpha value is -2.48. The van der Waals surface area contributed by atoms with Crippen molar-refractivity contribution in [2.24, 2.45) is 0 Å². The summed E-state index contributed by atoms with van der Waals surface area (Å²) in [7, 11) is -6.98. The maximum atomic E-state index is 13.4. The van der Waals surface area contributed by atoms with E-state index >= 15 is 0 Å². The molecule has 3 aromatic carbocycles. The third-order valence-corrected chi connectivity index (χ3v) is 9.53. The molecule has 0 bridgehead atoms. The second-order valence-electron chi connectivity index (χ2n) is 7.00. The van der Waals surface area contributed by atoms with Crippen molar-refractivity contribution in [1.82, 2.24) is 0 Å². The number of nitriles is 1. The van der Waals surface area contributed by atoms with E-state index in [9.17, 15) is 17.5 Å². The van der Waals surface area contributed by atoms with Gasteiger partial charge in [-0.25, -0.2) is 8.42 Å². The smallest absolute Gasteiger partial charge is 0.264 e. The molecule has 160 valence electrons. The molecular formula is C22H20N2O4S3. The molecule has 6 nitrogen and oxygen atoms in total. The van der Waals surface area contributed by atoms with Gasteiger partial charge in [-0.05, 0) is 65.9 Å². The second-order valence-corrected chi connectivity index (χ2v) is 11.9. The molecule has 31 heavy (non-hydrogen) atoms. The highest BCUT2D eigenvalue weighted by Gasteiger charge is 2.36. The van der Waals surface area contributed by atoms with Gasteiger partial charge in [-0.3, -0.25) is 13.4 Å². The summed E-state index contributed by atoms with van der Waals surface area (Å²) in [5.41, 5.74) is 2.31. The van der Waals surface area contributed by atoms with Gasteiger partial charge in [0, 0.05) is 4.90 Å². The van der Waals surface area contributed by atoms with Crippen molar-refractivity contribution in [2.45, 2.75) is 14.7 Å². The zero-order valence-corrected chi connectivity index (χ0v) is 19.0. The van der Waals surface area contributed by atoms with Gasteiger partial charge < -0.3 is 0 Å². The van der Waals surface area contributed by atoms with Crippen LogP contribution in [0.2, 0.25) is 0 Å². The molecular weight excluding hydrogens is 452 g/mol. The van der Waals surface area contributed by atoms with Crippen LogP contribution in [0.5, 0.6) is 0 Å². The fraction of sp³-hybridized carbons (Fsp3) is 0.136. The number of nitrogens with zero attached hydrogens (tertiary/aromatic N) is 2. The summed E-state index contributed by atoms with van der Waals surface area (Å²) in [6.45, 7) is -0.0290. The van der Waals surface area contributed by atoms with Crippen molar-refractivity contribution in [3.63, 3.8) is 0 Å². The Morgan fingerprint density at radius 1 is 1.00 bits per heavy atom. The lowest BCUT2D eigenvalue weighted by atomic mass is 10.0. The van der Waals surface area contributed by atoms with Crippen LogP contribution in [0.1, 0.15) is 5.56 Å². The van der Waals surface area contributed by atoms with E-state index in [4.69, 9.17) is 5.26 Å². The van der Waals surface area contributed by atoms with E-state index in [1.165, 1.54) is 16.1 Å². The van der Waals surface area contributed by atoms with Gasteiger partial charge in [0.05, 0.1) is 39.4 Å². The van der Waals surface area contributed by atoms with E-state index in [0.717, 1.165) is 16.0 Å². The van der Waals surface area contributed by atoms with Crippen molar-refractivity contribution in [1.29, 1.82) is 5.26 Å². The monoisotopic (exact) mass is 472 g/mol. The minimum atomic E-state index is -3.89. The lowest BCUT2D eigenvalue weighted by molar-refractivity contribution is 0.484. The van der Waals surface area contributed by atoms with Crippen molar-refractivity contribution >= 4 is 38.1 Å². The van der Waals surface area contributed by atoms with E-state index in [-0.39, 0.29) is 27.8 Å². The highest BCUT2D eigenvalue weighted by atomic mass is 32.3. The van der Waals surface area contributed by atoms with Crippen LogP contribution in [0, 0.1) is 11.3 Å². The third kappa shape index (κ3) is 4.05. The highest BCUT2D eigenvalue weighted by Crippen LogP contribution is 2.56. The van der Waals surface area contributed by atoms with Crippen LogP contribution in [-0.4, -0.2) is 36.1 Å². The lowest BCUT2D eigenvalue weighted by Gasteiger charge is -2.42. The Labute approximate surface area is 187 Å². The summed E-state index contributed by atoms with van der Waals surface area (Å²) in [6, 6.07) is 20.6. The van der Waals surface area contributed by atoms with E-state index < -0.39 is 20.6 Å². The Morgan fingerprint density at radius 3 is 2.26 bits per heavy atom. The molecule has 1 aliphatic heterocycles. The van der Waals surface area contributed by atoms with Gasteiger partial charge in [-0.15, -0.1) is 11.8 Å². The van der Waals surface area contributed by atoms with Crippen LogP contribution in [0.4, 0.5) is 5.69 Å². The number of benzene rings is 3. The topological polar surface area (TPSA) is 102 Å². The number of hydrogen-bond donors (Lipinski definition) is 2. The van der Waals surface area contributed by atoms with Crippen molar-refractivity contribution in [3.8, 4) is 17.2 Å². The molecule has 9 heteroatoms. The molecule has 0 aliphatic carbocycles. The average Bonchev–Trinajstić information content (AvgIpc) is 2.78. The standard InChI is InChI=1S/C22H20N2O4S3/c1-29-19-7-9-20(10-8-19)31(27,28)24-12-13-30(25,26)22-11-6-18(14-21(22)24)17-4-2-16(15-23)3-5-17/h2-11,14,25-26H,12-13H2,1H3. The fourth-order valence-electron chi connectivity index (χ4n) is 3.47. The SMILES string of the molecule is CSc1ccc(S(=O)(=O)N2CCS(O)(O)c3ccc(-c4ccc(C#N)cc4)cc32)cc1. The molecule has 0 spiro atoms. The molecule has 0 atom stereocenters. The first kappa shape index (κ1) is 21.7. The van der Waals surface area contributed by atoms with Crippen LogP contribution in [0.15, 0.2) is 81.4 Å². The normalized spacial score (nSPS) is 16.3. The predicted molar refractivity (Wildman–Crippen MR) is 125 cm³/mol. The number of sulfonamides is 1. The summed E-state index contributed by atoms with van der Waals surface area (Å²) in [5.74, 6) is -0.0572. The quantitative estimate of drug-likeness (QED) is 0.502. The second kappa shape index (κ2) is 8.22. The summed E-state index contributed by atoms with van der Waals surface area (Å²) < 4.78 is 49.2. The molecule has 0 saturated carbocycles. The number of anilines is 1. The molecule has 4 rings (SSSR count). The largest absolute Gasteiger partial charge is 0.295 e. The molecule has 0 fully saturated rings. The van der Waals surface area contributed by atoms with Gasteiger partial charge in [0.1, 0.15) is 0 Å². The lowest BCUT2D eigenvalue weighted by Crippen LogP contribution is -2.38. The van der Waals surface area contributed by atoms with Gasteiger partial charge in [-0.2, -0.15) is 15.9 Å². The first-order valence-electron chi connectivity index (χ1n) is 9.33. The molecule has 0 unspecified atom stereocenters. The van der Waals surface area contributed by atoms with Crippen molar-refractivity contribution in [2.75, 3.05) is 22.9 Å². The van der Waals surface area contributed by atoms with Crippen LogP contribution >= 0.6 is 22.4 Å². The van der Waals surface area contributed by atoms with E-state index in [1.54, 1.807) is 66.7 Å². The maximum absolute atomic E-state index is 13.4. The Kier molecular flexibility index (Phi) is 5.77. The minimum absolute atomic E-state index is 0.0290. The van der Waals surface area contributed by atoms with Crippen LogP contribution < -0.4 is 4.31 Å². The Balaban J connectivity index is 1.82.